The summed E-state index contributed by atoms with van der Waals surface area (Å²) in [6.07, 6.45) is 0.414. The van der Waals surface area contributed by atoms with Crippen LogP contribution in [0.25, 0.3) is 0 Å². The zero-order valence-corrected chi connectivity index (χ0v) is 10.9. The normalized spacial score (nSPS) is 9.94. The molecule has 0 aliphatic rings. The number of nitrogens with zero attached hydrogens (tertiary/aromatic N) is 1. The van der Waals surface area contributed by atoms with Gasteiger partial charge in [-0.1, -0.05) is 23.7 Å². The average Bonchev–Trinajstić information content (AvgIpc) is 2.65. The summed E-state index contributed by atoms with van der Waals surface area (Å²) in [5.41, 5.74) is 2.90. The Bertz CT molecular complexity index is 569. The maximum absolute atomic E-state index is 8.77. The Balaban J connectivity index is 2.33. The van der Waals surface area contributed by atoms with Crippen LogP contribution in [0.4, 0.5) is 11.4 Å². The third kappa shape index (κ3) is 2.60. The smallest absolute Gasteiger partial charge is 0.0670 e. The van der Waals surface area contributed by atoms with E-state index in [0.717, 1.165) is 21.8 Å². The molecular weight excluding hydrogens is 252 g/mol. The fourth-order valence-corrected chi connectivity index (χ4v) is 2.59. The molecule has 1 heterocycles. The van der Waals surface area contributed by atoms with Crippen molar-refractivity contribution < 1.29 is 0 Å². The highest BCUT2D eigenvalue weighted by molar-refractivity contribution is 7.10. The van der Waals surface area contributed by atoms with E-state index >= 15 is 0 Å². The molecular formula is C13H11ClN2S. The number of hydrogen-bond acceptors (Lipinski definition) is 3. The van der Waals surface area contributed by atoms with Gasteiger partial charge in [0.15, 0.2) is 0 Å². The van der Waals surface area contributed by atoms with Crippen molar-refractivity contribution in [1.29, 1.82) is 5.26 Å². The molecule has 0 atom stereocenters. The molecule has 0 aliphatic carbocycles. The minimum Gasteiger partial charge on any atom is -0.353 e. The highest BCUT2D eigenvalue weighted by Gasteiger charge is 2.09. The maximum Gasteiger partial charge on any atom is 0.0670 e. The minimum atomic E-state index is 0.414. The van der Waals surface area contributed by atoms with Crippen molar-refractivity contribution in [2.75, 3.05) is 5.32 Å². The van der Waals surface area contributed by atoms with E-state index in [1.807, 2.05) is 36.6 Å². The Morgan fingerprint density at radius 1 is 1.41 bits per heavy atom. The Hall–Kier alpha value is -1.50. The van der Waals surface area contributed by atoms with Crippen LogP contribution < -0.4 is 5.32 Å². The molecule has 86 valence electrons. The summed E-state index contributed by atoms with van der Waals surface area (Å²) in [7, 11) is 0. The first-order valence-electron chi connectivity index (χ1n) is 5.18. The molecule has 0 saturated carbocycles. The van der Waals surface area contributed by atoms with E-state index in [1.165, 1.54) is 0 Å². The molecule has 0 unspecified atom stereocenters. The summed E-state index contributed by atoms with van der Waals surface area (Å²) >= 11 is 7.74. The fourth-order valence-electron chi connectivity index (χ4n) is 1.58. The molecule has 2 rings (SSSR count). The predicted molar refractivity (Wildman–Crippen MR) is 73.1 cm³/mol. The number of anilines is 2. The zero-order valence-electron chi connectivity index (χ0n) is 9.33. The molecule has 1 N–H and O–H groups in total. The molecule has 1 aromatic heterocycles. The third-order valence-corrected chi connectivity index (χ3v) is 3.74. The maximum atomic E-state index is 8.77. The van der Waals surface area contributed by atoms with E-state index in [1.54, 1.807) is 11.3 Å². The SMILES string of the molecule is Cc1scc(CC#N)c1Nc1ccccc1Cl. The van der Waals surface area contributed by atoms with E-state index < -0.39 is 0 Å². The minimum absolute atomic E-state index is 0.414. The van der Waals surface area contributed by atoms with E-state index in [9.17, 15) is 0 Å². The summed E-state index contributed by atoms with van der Waals surface area (Å²) in [4.78, 5) is 1.16. The van der Waals surface area contributed by atoms with Crippen molar-refractivity contribution in [3.63, 3.8) is 0 Å². The fraction of sp³-hybridized carbons (Fsp3) is 0.154. The third-order valence-electron chi connectivity index (χ3n) is 2.45. The predicted octanol–water partition coefficient (Wildman–Crippen LogP) is 4.52. The molecule has 4 heteroatoms. The number of nitriles is 1. The van der Waals surface area contributed by atoms with Gasteiger partial charge >= 0.3 is 0 Å². The number of para-hydroxylation sites is 1. The first-order valence-corrected chi connectivity index (χ1v) is 6.43. The first-order chi connectivity index (χ1) is 8.22. The number of nitrogens with one attached hydrogen (secondary N) is 1. The van der Waals surface area contributed by atoms with Crippen LogP contribution in [-0.2, 0) is 6.42 Å². The van der Waals surface area contributed by atoms with Gasteiger partial charge in [0.05, 0.1) is 28.9 Å². The highest BCUT2D eigenvalue weighted by atomic mass is 35.5. The molecule has 0 amide bonds. The lowest BCUT2D eigenvalue weighted by molar-refractivity contribution is 1.27. The van der Waals surface area contributed by atoms with Crippen LogP contribution in [0.3, 0.4) is 0 Å². The van der Waals surface area contributed by atoms with Gasteiger partial charge in [0.1, 0.15) is 0 Å². The van der Waals surface area contributed by atoms with Crippen molar-refractivity contribution in [3.05, 3.63) is 45.1 Å². The van der Waals surface area contributed by atoms with Crippen LogP contribution in [0.5, 0.6) is 0 Å². The molecule has 0 fully saturated rings. The second-order valence-corrected chi connectivity index (χ2v) is 5.12. The summed E-state index contributed by atoms with van der Waals surface area (Å²) < 4.78 is 0. The van der Waals surface area contributed by atoms with E-state index in [4.69, 9.17) is 16.9 Å². The molecule has 0 bridgehead atoms. The van der Waals surface area contributed by atoms with Crippen molar-refractivity contribution in [2.45, 2.75) is 13.3 Å². The quantitative estimate of drug-likeness (QED) is 0.883. The summed E-state index contributed by atoms with van der Waals surface area (Å²) in [5, 5.41) is 14.8. The van der Waals surface area contributed by atoms with Crippen LogP contribution in [-0.4, -0.2) is 0 Å². The van der Waals surface area contributed by atoms with Crippen LogP contribution in [0.2, 0.25) is 5.02 Å². The molecule has 1 aromatic carbocycles. The van der Waals surface area contributed by atoms with Crippen molar-refractivity contribution in [1.82, 2.24) is 0 Å². The largest absolute Gasteiger partial charge is 0.353 e. The molecule has 0 saturated heterocycles. The summed E-state index contributed by atoms with van der Waals surface area (Å²) in [6.45, 7) is 2.03. The molecule has 2 nitrogen and oxygen atoms in total. The van der Waals surface area contributed by atoms with Crippen LogP contribution in [0, 0.1) is 18.3 Å². The van der Waals surface area contributed by atoms with Crippen molar-refractivity contribution in [3.8, 4) is 6.07 Å². The van der Waals surface area contributed by atoms with Crippen LogP contribution in [0.15, 0.2) is 29.6 Å². The molecule has 0 aliphatic heterocycles. The summed E-state index contributed by atoms with van der Waals surface area (Å²) in [5.74, 6) is 0. The Morgan fingerprint density at radius 3 is 2.88 bits per heavy atom. The highest BCUT2D eigenvalue weighted by Crippen LogP contribution is 2.33. The second kappa shape index (κ2) is 5.22. The van der Waals surface area contributed by atoms with Gasteiger partial charge < -0.3 is 5.32 Å². The van der Waals surface area contributed by atoms with E-state index in [-0.39, 0.29) is 0 Å². The average molecular weight is 263 g/mol. The standard InChI is InChI=1S/C13H11ClN2S/c1-9-13(10(6-7-15)8-17-9)16-12-5-3-2-4-11(12)14/h2-5,8,16H,6H2,1H3. The molecule has 0 radical (unpaired) electrons. The summed E-state index contributed by atoms with van der Waals surface area (Å²) in [6, 6.07) is 9.76. The van der Waals surface area contributed by atoms with Gasteiger partial charge in [-0.05, 0) is 24.4 Å². The van der Waals surface area contributed by atoms with E-state index in [0.29, 0.717) is 11.4 Å². The number of aryl methyl sites for hydroxylation is 1. The monoisotopic (exact) mass is 262 g/mol. The Labute approximate surface area is 109 Å². The Morgan fingerprint density at radius 2 is 2.18 bits per heavy atom. The van der Waals surface area contributed by atoms with Crippen LogP contribution in [0.1, 0.15) is 10.4 Å². The molecule has 0 spiro atoms. The first kappa shape index (κ1) is 12.0. The van der Waals surface area contributed by atoms with Gasteiger partial charge in [0, 0.05) is 10.4 Å². The lowest BCUT2D eigenvalue weighted by atomic mass is 10.2. The number of thiophene rings is 1. The van der Waals surface area contributed by atoms with Crippen LogP contribution >= 0.6 is 22.9 Å². The van der Waals surface area contributed by atoms with Crippen molar-refractivity contribution in [2.24, 2.45) is 0 Å². The number of rotatable bonds is 3. The lowest BCUT2D eigenvalue weighted by Gasteiger charge is -2.09. The second-order valence-electron chi connectivity index (χ2n) is 3.63. The van der Waals surface area contributed by atoms with Gasteiger partial charge in [-0.15, -0.1) is 11.3 Å². The molecule has 17 heavy (non-hydrogen) atoms. The number of benzene rings is 1. The number of hydrogen-bond donors (Lipinski definition) is 1. The number of halogens is 1. The van der Waals surface area contributed by atoms with Gasteiger partial charge in [-0.3, -0.25) is 0 Å². The van der Waals surface area contributed by atoms with Gasteiger partial charge in [-0.2, -0.15) is 5.26 Å². The lowest BCUT2D eigenvalue weighted by Crippen LogP contribution is -1.94. The van der Waals surface area contributed by atoms with Gasteiger partial charge in [0.2, 0.25) is 0 Å². The van der Waals surface area contributed by atoms with E-state index in [2.05, 4.69) is 11.4 Å². The Kier molecular flexibility index (Phi) is 3.68. The van der Waals surface area contributed by atoms with Gasteiger partial charge in [-0.25, -0.2) is 0 Å². The molecule has 2 aromatic rings. The van der Waals surface area contributed by atoms with Gasteiger partial charge in [0.25, 0.3) is 0 Å². The zero-order chi connectivity index (χ0) is 12.3. The topological polar surface area (TPSA) is 35.8 Å². The van der Waals surface area contributed by atoms with Crippen molar-refractivity contribution >= 4 is 34.3 Å².